The summed E-state index contributed by atoms with van der Waals surface area (Å²) in [4.78, 5) is 17.3. The number of benzene rings is 1. The summed E-state index contributed by atoms with van der Waals surface area (Å²) in [6.07, 6.45) is 0. The molecule has 1 N–H and O–H groups in total. The predicted octanol–water partition coefficient (Wildman–Crippen LogP) is 3.43. The van der Waals surface area contributed by atoms with Crippen molar-refractivity contribution in [2.45, 2.75) is 20.8 Å². The molecule has 0 aliphatic carbocycles. The van der Waals surface area contributed by atoms with Crippen molar-refractivity contribution < 1.29 is 4.79 Å². The molecule has 1 amide bonds. The molecule has 4 aromatic rings. The fourth-order valence-electron chi connectivity index (χ4n) is 2.70. The average Bonchev–Trinajstić information content (AvgIpc) is 3.17. The number of aryl methyl sites for hydroxylation is 3. The molecule has 0 unspecified atom stereocenters. The monoisotopic (exact) mass is 364 g/mol. The Kier molecular flexibility index (Phi) is 3.96. The first-order chi connectivity index (χ1) is 12.5. The molecule has 0 aliphatic heterocycles. The molecule has 0 spiro atoms. The minimum atomic E-state index is -0.138. The molecule has 130 valence electrons. The van der Waals surface area contributed by atoms with Crippen LogP contribution in [0, 0.1) is 20.8 Å². The summed E-state index contributed by atoms with van der Waals surface area (Å²) in [6.45, 7) is 5.60. The minimum absolute atomic E-state index is 0.138. The van der Waals surface area contributed by atoms with Gasteiger partial charge < -0.3 is 5.32 Å². The summed E-state index contributed by atoms with van der Waals surface area (Å²) in [5.74, 6) is 0.599. The van der Waals surface area contributed by atoms with Gasteiger partial charge in [0.25, 0.3) is 5.91 Å². The molecule has 0 saturated heterocycles. The number of hydrogen-bond acceptors (Lipinski definition) is 6. The van der Waals surface area contributed by atoms with Crippen LogP contribution in [0.5, 0.6) is 0 Å². The molecule has 0 aliphatic rings. The highest BCUT2D eigenvalue weighted by Gasteiger charge is 2.14. The first-order valence-corrected chi connectivity index (χ1v) is 8.88. The number of carbonyl (C=O) groups excluding carboxylic acids is 1. The highest BCUT2D eigenvalue weighted by Crippen LogP contribution is 2.22. The summed E-state index contributed by atoms with van der Waals surface area (Å²) in [5, 5.41) is 16.4. The van der Waals surface area contributed by atoms with Gasteiger partial charge >= 0.3 is 0 Å². The molecule has 26 heavy (non-hydrogen) atoms. The third-order valence-corrected chi connectivity index (χ3v) is 5.04. The van der Waals surface area contributed by atoms with Gasteiger partial charge in [-0.05, 0) is 45.0 Å². The van der Waals surface area contributed by atoms with Crippen LogP contribution in [0.3, 0.4) is 0 Å². The Balaban J connectivity index is 1.57. The van der Waals surface area contributed by atoms with Crippen LogP contribution in [-0.4, -0.2) is 30.7 Å². The van der Waals surface area contributed by atoms with Crippen molar-refractivity contribution in [3.63, 3.8) is 0 Å². The predicted molar refractivity (Wildman–Crippen MR) is 100 cm³/mol. The van der Waals surface area contributed by atoms with Gasteiger partial charge in [0.2, 0.25) is 0 Å². The number of amides is 1. The van der Waals surface area contributed by atoms with Gasteiger partial charge in [-0.15, -0.1) is 21.5 Å². The van der Waals surface area contributed by atoms with Crippen LogP contribution in [0.2, 0.25) is 0 Å². The van der Waals surface area contributed by atoms with E-state index in [4.69, 9.17) is 0 Å². The van der Waals surface area contributed by atoms with Crippen molar-refractivity contribution in [1.82, 2.24) is 24.8 Å². The van der Waals surface area contributed by atoms with Crippen molar-refractivity contribution in [3.8, 4) is 11.3 Å². The largest absolute Gasteiger partial charge is 0.321 e. The second-order valence-electron chi connectivity index (χ2n) is 5.91. The number of anilines is 1. The number of hydrogen-bond donors (Lipinski definition) is 1. The Bertz CT molecular complexity index is 1110. The SMILES string of the molecule is Cc1nc(C)c(C(=O)Nc2ccc(-c3ccc4nnc(C)n4n3)cc2)s1. The number of carbonyl (C=O) groups is 1. The molecule has 0 atom stereocenters. The van der Waals surface area contributed by atoms with Crippen LogP contribution >= 0.6 is 11.3 Å². The molecule has 7 nitrogen and oxygen atoms in total. The molecule has 3 aromatic heterocycles. The molecule has 0 saturated carbocycles. The van der Waals surface area contributed by atoms with Gasteiger partial charge in [0.15, 0.2) is 11.5 Å². The maximum atomic E-state index is 12.4. The van der Waals surface area contributed by atoms with Gasteiger partial charge in [0, 0.05) is 11.3 Å². The van der Waals surface area contributed by atoms with Gasteiger partial charge in [-0.3, -0.25) is 4.79 Å². The summed E-state index contributed by atoms with van der Waals surface area (Å²) in [5.41, 5.74) is 3.95. The molecular formula is C18H16N6OS. The lowest BCUT2D eigenvalue weighted by atomic mass is 10.1. The summed E-state index contributed by atoms with van der Waals surface area (Å²) < 4.78 is 1.71. The highest BCUT2D eigenvalue weighted by atomic mass is 32.1. The topological polar surface area (TPSA) is 85.1 Å². The molecular weight excluding hydrogens is 348 g/mol. The molecule has 1 aromatic carbocycles. The van der Waals surface area contributed by atoms with Gasteiger partial charge in [-0.25, -0.2) is 4.98 Å². The second kappa shape index (κ2) is 6.30. The fourth-order valence-corrected chi connectivity index (χ4v) is 3.52. The van der Waals surface area contributed by atoms with E-state index in [9.17, 15) is 4.79 Å². The highest BCUT2D eigenvalue weighted by molar-refractivity contribution is 7.13. The van der Waals surface area contributed by atoms with Crippen molar-refractivity contribution in [1.29, 1.82) is 0 Å². The Morgan fingerprint density at radius 1 is 1.04 bits per heavy atom. The lowest BCUT2D eigenvalue weighted by Gasteiger charge is -2.06. The Labute approximate surface area is 153 Å². The lowest BCUT2D eigenvalue weighted by Crippen LogP contribution is -2.11. The van der Waals surface area contributed by atoms with E-state index in [1.54, 1.807) is 4.52 Å². The van der Waals surface area contributed by atoms with E-state index >= 15 is 0 Å². The molecule has 0 fully saturated rings. The van der Waals surface area contributed by atoms with Crippen LogP contribution in [0.4, 0.5) is 5.69 Å². The number of nitrogens with one attached hydrogen (secondary N) is 1. The van der Waals surface area contributed by atoms with Gasteiger partial charge in [0.1, 0.15) is 4.88 Å². The maximum Gasteiger partial charge on any atom is 0.267 e. The lowest BCUT2D eigenvalue weighted by molar-refractivity contribution is 0.103. The van der Waals surface area contributed by atoms with Crippen molar-refractivity contribution in [2.24, 2.45) is 0 Å². The smallest absolute Gasteiger partial charge is 0.267 e. The van der Waals surface area contributed by atoms with E-state index < -0.39 is 0 Å². The zero-order valence-electron chi connectivity index (χ0n) is 14.5. The first-order valence-electron chi connectivity index (χ1n) is 8.06. The molecule has 8 heteroatoms. The quantitative estimate of drug-likeness (QED) is 0.602. The van der Waals surface area contributed by atoms with E-state index in [1.165, 1.54) is 11.3 Å². The zero-order chi connectivity index (χ0) is 18.3. The van der Waals surface area contributed by atoms with Crippen LogP contribution in [0.25, 0.3) is 16.9 Å². The average molecular weight is 364 g/mol. The van der Waals surface area contributed by atoms with Crippen LogP contribution in [0.15, 0.2) is 36.4 Å². The minimum Gasteiger partial charge on any atom is -0.321 e. The Morgan fingerprint density at radius 2 is 1.81 bits per heavy atom. The number of nitrogens with zero attached hydrogens (tertiary/aromatic N) is 5. The zero-order valence-corrected chi connectivity index (χ0v) is 15.3. The van der Waals surface area contributed by atoms with E-state index in [2.05, 4.69) is 25.6 Å². The fraction of sp³-hybridized carbons (Fsp3) is 0.167. The van der Waals surface area contributed by atoms with Crippen molar-refractivity contribution >= 4 is 28.6 Å². The number of thiazole rings is 1. The van der Waals surface area contributed by atoms with Crippen molar-refractivity contribution in [3.05, 3.63) is 57.8 Å². The number of rotatable bonds is 3. The second-order valence-corrected chi connectivity index (χ2v) is 7.12. The van der Waals surface area contributed by atoms with E-state index in [0.717, 1.165) is 33.5 Å². The first kappa shape index (κ1) is 16.3. The maximum absolute atomic E-state index is 12.4. The van der Waals surface area contributed by atoms with Crippen LogP contribution in [-0.2, 0) is 0 Å². The Hall–Kier alpha value is -3.13. The third-order valence-electron chi connectivity index (χ3n) is 3.97. The Morgan fingerprint density at radius 3 is 2.50 bits per heavy atom. The van der Waals surface area contributed by atoms with E-state index in [0.29, 0.717) is 10.5 Å². The standard InChI is InChI=1S/C18H16N6OS/c1-10-17(26-12(3)19-10)18(25)20-14-6-4-13(5-7-14)15-8-9-16-22-21-11(2)24(16)23-15/h4-9H,1-3H3,(H,20,25). The van der Waals surface area contributed by atoms with Gasteiger partial charge in [-0.1, -0.05) is 12.1 Å². The van der Waals surface area contributed by atoms with Crippen LogP contribution in [0.1, 0.15) is 26.2 Å². The van der Waals surface area contributed by atoms with Crippen molar-refractivity contribution in [2.75, 3.05) is 5.32 Å². The van der Waals surface area contributed by atoms with Crippen LogP contribution < -0.4 is 5.32 Å². The summed E-state index contributed by atoms with van der Waals surface area (Å²) in [6, 6.07) is 11.4. The normalized spacial score (nSPS) is 11.0. The number of aromatic nitrogens is 5. The van der Waals surface area contributed by atoms with Gasteiger partial charge in [-0.2, -0.15) is 9.61 Å². The van der Waals surface area contributed by atoms with E-state index in [-0.39, 0.29) is 5.91 Å². The summed E-state index contributed by atoms with van der Waals surface area (Å²) in [7, 11) is 0. The summed E-state index contributed by atoms with van der Waals surface area (Å²) >= 11 is 1.40. The van der Waals surface area contributed by atoms with Gasteiger partial charge in [0.05, 0.1) is 16.4 Å². The number of fused-ring (bicyclic) bond motifs is 1. The molecule has 0 radical (unpaired) electrons. The molecule has 0 bridgehead atoms. The molecule has 3 heterocycles. The third kappa shape index (κ3) is 2.95. The molecule has 4 rings (SSSR count). The van der Waals surface area contributed by atoms with E-state index in [1.807, 2.05) is 57.2 Å².